The molecule has 1 amide bonds. The molecule has 0 saturated heterocycles. The Morgan fingerprint density at radius 3 is 2.48 bits per heavy atom. The molecule has 0 radical (unpaired) electrons. The third kappa shape index (κ3) is 5.22. The largest absolute Gasteiger partial charge is 0.493 e. The van der Waals surface area contributed by atoms with Crippen LogP contribution in [0.3, 0.4) is 0 Å². The molecule has 1 aromatic heterocycles. The molecule has 3 rings (SSSR count). The topological polar surface area (TPSA) is 91.6 Å². The van der Waals surface area contributed by atoms with E-state index >= 15 is 0 Å². The zero-order valence-electron chi connectivity index (χ0n) is 16.6. The lowest BCUT2D eigenvalue weighted by molar-refractivity contribution is -0.132. The van der Waals surface area contributed by atoms with E-state index in [1.54, 1.807) is 38.3 Å². The molecule has 3 aromatic rings. The van der Waals surface area contributed by atoms with Gasteiger partial charge in [0.2, 0.25) is 0 Å². The van der Waals surface area contributed by atoms with Crippen molar-refractivity contribution in [1.82, 2.24) is 25.1 Å². The van der Waals surface area contributed by atoms with Crippen molar-refractivity contribution in [1.29, 1.82) is 0 Å². The van der Waals surface area contributed by atoms with E-state index in [9.17, 15) is 4.79 Å². The number of carbonyl (C=O) groups is 1. The van der Waals surface area contributed by atoms with E-state index in [1.165, 1.54) is 11.0 Å². The number of methoxy groups -OCH3 is 2. The van der Waals surface area contributed by atoms with Gasteiger partial charge < -0.3 is 19.1 Å². The van der Waals surface area contributed by atoms with E-state index in [4.69, 9.17) is 14.2 Å². The lowest BCUT2D eigenvalue weighted by atomic mass is 10.1. The van der Waals surface area contributed by atoms with Gasteiger partial charge in [0, 0.05) is 13.6 Å². The summed E-state index contributed by atoms with van der Waals surface area (Å²) in [6, 6.07) is 12.9. The summed E-state index contributed by atoms with van der Waals surface area (Å²) in [5, 5.41) is 11.0. The molecule has 0 aliphatic rings. The van der Waals surface area contributed by atoms with Crippen molar-refractivity contribution in [3.63, 3.8) is 0 Å². The Hall–Kier alpha value is -3.62. The van der Waals surface area contributed by atoms with Gasteiger partial charge in [-0.15, -0.1) is 5.10 Å². The minimum Gasteiger partial charge on any atom is -0.493 e. The standard InChI is InChI=1S/C20H23N5O4/c1-24(11-10-15-4-9-18(27-2)19(12-15)28-3)20(26)13-29-17-7-5-16(6-8-17)25-14-21-22-23-25/h4-9,12,14H,10-11,13H2,1-3H3. The number of carbonyl (C=O) groups excluding carboxylic acids is 1. The van der Waals surface area contributed by atoms with Crippen molar-refractivity contribution in [2.75, 3.05) is 34.4 Å². The van der Waals surface area contributed by atoms with Gasteiger partial charge in [-0.25, -0.2) is 4.68 Å². The number of nitrogens with zero attached hydrogens (tertiary/aromatic N) is 5. The van der Waals surface area contributed by atoms with Crippen molar-refractivity contribution >= 4 is 5.91 Å². The molecule has 0 aliphatic heterocycles. The predicted molar refractivity (Wildman–Crippen MR) is 106 cm³/mol. The molecule has 9 heteroatoms. The molecular formula is C20H23N5O4. The molecular weight excluding hydrogens is 374 g/mol. The van der Waals surface area contributed by atoms with Crippen molar-refractivity contribution in [3.05, 3.63) is 54.4 Å². The highest BCUT2D eigenvalue weighted by molar-refractivity contribution is 5.77. The monoisotopic (exact) mass is 397 g/mol. The lowest BCUT2D eigenvalue weighted by Gasteiger charge is -2.18. The molecule has 0 bridgehead atoms. The molecule has 29 heavy (non-hydrogen) atoms. The second-order valence-corrected chi connectivity index (χ2v) is 6.29. The number of likely N-dealkylation sites (N-methyl/N-ethyl adjacent to an activating group) is 1. The third-order valence-electron chi connectivity index (χ3n) is 4.42. The van der Waals surface area contributed by atoms with Crippen LogP contribution in [0, 0.1) is 0 Å². The molecule has 0 spiro atoms. The number of hydrogen-bond acceptors (Lipinski definition) is 7. The van der Waals surface area contributed by atoms with E-state index in [1.807, 2.05) is 30.3 Å². The van der Waals surface area contributed by atoms with Crippen LogP contribution >= 0.6 is 0 Å². The fraction of sp³-hybridized carbons (Fsp3) is 0.300. The van der Waals surface area contributed by atoms with Crippen LogP contribution in [0.4, 0.5) is 0 Å². The van der Waals surface area contributed by atoms with Gasteiger partial charge in [-0.1, -0.05) is 6.07 Å². The minimum atomic E-state index is -0.102. The van der Waals surface area contributed by atoms with Crippen LogP contribution in [0.1, 0.15) is 5.56 Å². The van der Waals surface area contributed by atoms with Crippen LogP contribution in [0.25, 0.3) is 5.69 Å². The first kappa shape index (κ1) is 20.1. The van der Waals surface area contributed by atoms with Crippen molar-refractivity contribution in [3.8, 4) is 22.9 Å². The molecule has 0 unspecified atom stereocenters. The van der Waals surface area contributed by atoms with Gasteiger partial charge in [0.05, 0.1) is 19.9 Å². The number of rotatable bonds is 9. The lowest BCUT2D eigenvalue weighted by Crippen LogP contribution is -2.33. The summed E-state index contributed by atoms with van der Waals surface area (Å²) in [5.74, 6) is 1.85. The first-order valence-corrected chi connectivity index (χ1v) is 9.02. The first-order valence-electron chi connectivity index (χ1n) is 9.02. The summed E-state index contributed by atoms with van der Waals surface area (Å²) in [6.45, 7) is 0.530. The number of benzene rings is 2. The minimum absolute atomic E-state index is 0.0351. The molecule has 0 N–H and O–H groups in total. The Labute approximate surface area is 168 Å². The SMILES string of the molecule is COc1ccc(CCN(C)C(=O)COc2ccc(-n3cnnn3)cc2)cc1OC. The third-order valence-corrected chi connectivity index (χ3v) is 4.42. The number of tetrazole rings is 1. The zero-order chi connectivity index (χ0) is 20.6. The number of hydrogen-bond donors (Lipinski definition) is 0. The fourth-order valence-corrected chi connectivity index (χ4v) is 2.69. The van der Waals surface area contributed by atoms with Gasteiger partial charge in [-0.2, -0.15) is 0 Å². The Morgan fingerprint density at radius 2 is 1.83 bits per heavy atom. The van der Waals surface area contributed by atoms with Gasteiger partial charge in [-0.3, -0.25) is 4.79 Å². The number of ether oxygens (including phenoxy) is 3. The summed E-state index contributed by atoms with van der Waals surface area (Å²) in [4.78, 5) is 14.0. The van der Waals surface area contributed by atoms with Crippen molar-refractivity contribution in [2.45, 2.75) is 6.42 Å². The van der Waals surface area contributed by atoms with Crippen molar-refractivity contribution in [2.24, 2.45) is 0 Å². The van der Waals surface area contributed by atoms with E-state index in [0.717, 1.165) is 11.3 Å². The average Bonchev–Trinajstić information content (AvgIpc) is 3.30. The quantitative estimate of drug-likeness (QED) is 0.543. The molecule has 0 fully saturated rings. The van der Waals surface area contributed by atoms with Gasteiger partial charge in [0.25, 0.3) is 5.91 Å². The highest BCUT2D eigenvalue weighted by atomic mass is 16.5. The van der Waals surface area contributed by atoms with E-state index in [2.05, 4.69) is 15.5 Å². The summed E-state index contributed by atoms with van der Waals surface area (Å²) >= 11 is 0. The van der Waals surface area contributed by atoms with Gasteiger partial charge in [0.1, 0.15) is 12.1 Å². The predicted octanol–water partition coefficient (Wildman–Crippen LogP) is 1.76. The second kappa shape index (κ2) is 9.54. The van der Waals surface area contributed by atoms with Crippen LogP contribution in [0.5, 0.6) is 17.2 Å². The molecule has 2 aromatic carbocycles. The van der Waals surface area contributed by atoms with Crippen molar-refractivity contribution < 1.29 is 19.0 Å². The van der Waals surface area contributed by atoms with Crippen LogP contribution in [0.15, 0.2) is 48.8 Å². The smallest absolute Gasteiger partial charge is 0.260 e. The first-order chi connectivity index (χ1) is 14.1. The maximum atomic E-state index is 12.3. The highest BCUT2D eigenvalue weighted by Gasteiger charge is 2.11. The molecule has 9 nitrogen and oxygen atoms in total. The Balaban J connectivity index is 1.48. The van der Waals surface area contributed by atoms with E-state index < -0.39 is 0 Å². The van der Waals surface area contributed by atoms with Crippen LogP contribution in [0.2, 0.25) is 0 Å². The number of amides is 1. The average molecular weight is 397 g/mol. The van der Waals surface area contributed by atoms with Crippen LogP contribution in [-0.4, -0.2) is 65.4 Å². The molecule has 0 atom stereocenters. The Bertz CT molecular complexity index is 929. The Kier molecular flexibility index (Phi) is 6.62. The molecule has 0 saturated carbocycles. The maximum Gasteiger partial charge on any atom is 0.260 e. The molecule has 152 valence electrons. The summed E-state index contributed by atoms with van der Waals surface area (Å²) < 4.78 is 17.7. The van der Waals surface area contributed by atoms with Gasteiger partial charge >= 0.3 is 0 Å². The normalized spacial score (nSPS) is 10.4. The van der Waals surface area contributed by atoms with Crippen LogP contribution in [-0.2, 0) is 11.2 Å². The zero-order valence-corrected chi connectivity index (χ0v) is 16.6. The summed E-state index contributed by atoms with van der Waals surface area (Å²) in [5.41, 5.74) is 1.86. The maximum absolute atomic E-state index is 12.3. The highest BCUT2D eigenvalue weighted by Crippen LogP contribution is 2.27. The Morgan fingerprint density at radius 1 is 1.07 bits per heavy atom. The van der Waals surface area contributed by atoms with Crippen LogP contribution < -0.4 is 14.2 Å². The fourth-order valence-electron chi connectivity index (χ4n) is 2.69. The van der Waals surface area contributed by atoms with E-state index in [0.29, 0.717) is 30.2 Å². The van der Waals surface area contributed by atoms with E-state index in [-0.39, 0.29) is 12.5 Å². The van der Waals surface area contributed by atoms with Gasteiger partial charge in [-0.05, 0) is 58.8 Å². The summed E-state index contributed by atoms with van der Waals surface area (Å²) in [6.07, 6.45) is 2.20. The summed E-state index contributed by atoms with van der Waals surface area (Å²) in [7, 11) is 4.96. The number of aromatic nitrogens is 4. The second-order valence-electron chi connectivity index (χ2n) is 6.29. The molecule has 0 aliphatic carbocycles. The van der Waals surface area contributed by atoms with Gasteiger partial charge in [0.15, 0.2) is 18.1 Å². The molecule has 1 heterocycles.